The minimum absolute atomic E-state index is 0.464. The molecule has 0 spiro atoms. The van der Waals surface area contributed by atoms with Gasteiger partial charge in [0.2, 0.25) is 12.2 Å². The van der Waals surface area contributed by atoms with E-state index in [-0.39, 0.29) is 0 Å². The minimum Gasteiger partial charge on any atom is -0.211 e. The molecule has 0 heterocycles. The standard InChI is InChI=1S/C9H6N2O2.C9H8/c1-7-8(10-5-12)3-2-4-9(7)11-6-13;1-2-5-9-7-3-6-8(9)4-1/h2-4H,1H3;1-6H,7H2. The van der Waals surface area contributed by atoms with Crippen LogP contribution in [0.2, 0.25) is 0 Å². The van der Waals surface area contributed by atoms with Crippen LogP contribution >= 0.6 is 0 Å². The highest BCUT2D eigenvalue weighted by Gasteiger charge is 2.01. The predicted molar refractivity (Wildman–Crippen MR) is 85.9 cm³/mol. The first kappa shape index (κ1) is 15.3. The smallest absolute Gasteiger partial charge is 0.211 e. The summed E-state index contributed by atoms with van der Waals surface area (Å²) in [4.78, 5) is 26.9. The van der Waals surface area contributed by atoms with Crippen LogP contribution in [0, 0.1) is 6.92 Å². The van der Waals surface area contributed by atoms with Crippen LogP contribution in [0.25, 0.3) is 6.08 Å². The molecule has 0 aliphatic heterocycles. The summed E-state index contributed by atoms with van der Waals surface area (Å²) in [5.74, 6) is 0. The van der Waals surface area contributed by atoms with Crippen molar-refractivity contribution in [2.75, 3.05) is 0 Å². The van der Waals surface area contributed by atoms with Crippen molar-refractivity contribution >= 4 is 29.6 Å². The summed E-state index contributed by atoms with van der Waals surface area (Å²) >= 11 is 0. The molecule has 4 heteroatoms. The van der Waals surface area contributed by atoms with Crippen LogP contribution in [-0.4, -0.2) is 12.2 Å². The second-order valence-electron chi connectivity index (χ2n) is 4.63. The molecule has 0 saturated carbocycles. The van der Waals surface area contributed by atoms with Gasteiger partial charge >= 0.3 is 0 Å². The quantitative estimate of drug-likeness (QED) is 0.615. The molecule has 0 saturated heterocycles. The molecule has 0 amide bonds. The molecule has 0 bridgehead atoms. The largest absolute Gasteiger partial charge is 0.240 e. The Kier molecular flexibility index (Phi) is 5.33. The molecule has 1 aliphatic rings. The molecule has 0 N–H and O–H groups in total. The van der Waals surface area contributed by atoms with Crippen molar-refractivity contribution < 1.29 is 9.59 Å². The predicted octanol–water partition coefficient (Wildman–Crippen LogP) is 4.19. The van der Waals surface area contributed by atoms with Gasteiger partial charge in [0.1, 0.15) is 0 Å². The fourth-order valence-corrected chi connectivity index (χ4v) is 2.15. The number of hydrogen-bond donors (Lipinski definition) is 0. The summed E-state index contributed by atoms with van der Waals surface area (Å²) in [7, 11) is 0. The Morgan fingerprint density at radius 3 is 2.14 bits per heavy atom. The zero-order valence-corrected chi connectivity index (χ0v) is 12.1. The maximum atomic E-state index is 10.00. The maximum Gasteiger partial charge on any atom is 0.240 e. The first-order chi connectivity index (χ1) is 10.8. The van der Waals surface area contributed by atoms with Gasteiger partial charge in [-0.25, -0.2) is 9.59 Å². The molecular weight excluding hydrogens is 276 g/mol. The van der Waals surface area contributed by atoms with Gasteiger partial charge in [-0.1, -0.05) is 42.5 Å². The van der Waals surface area contributed by atoms with E-state index in [4.69, 9.17) is 0 Å². The normalized spacial score (nSPS) is 10.6. The topological polar surface area (TPSA) is 58.9 Å². The first-order valence-electron chi connectivity index (χ1n) is 6.76. The van der Waals surface area contributed by atoms with E-state index in [1.54, 1.807) is 25.1 Å². The van der Waals surface area contributed by atoms with Crippen LogP contribution in [-0.2, 0) is 16.0 Å². The Balaban J connectivity index is 0.000000170. The van der Waals surface area contributed by atoms with Crippen molar-refractivity contribution in [2.45, 2.75) is 13.3 Å². The molecule has 0 aromatic heterocycles. The summed E-state index contributed by atoms with van der Waals surface area (Å²) in [5.41, 5.74) is 4.43. The molecule has 22 heavy (non-hydrogen) atoms. The SMILES string of the molecule is C1=Cc2ccccc2C1.Cc1c(N=C=O)cccc1N=C=O. The number of nitrogens with zero attached hydrogens (tertiary/aromatic N) is 2. The van der Waals surface area contributed by atoms with Crippen LogP contribution in [0.5, 0.6) is 0 Å². The van der Waals surface area contributed by atoms with Crippen molar-refractivity contribution in [1.82, 2.24) is 0 Å². The van der Waals surface area contributed by atoms with Crippen LogP contribution < -0.4 is 0 Å². The number of rotatable bonds is 2. The van der Waals surface area contributed by atoms with Gasteiger partial charge in [0.15, 0.2) is 0 Å². The Labute approximate surface area is 128 Å². The maximum absolute atomic E-state index is 10.00. The molecular formula is C18H14N2O2. The Bertz CT molecular complexity index is 760. The van der Waals surface area contributed by atoms with E-state index in [9.17, 15) is 9.59 Å². The number of hydrogen-bond acceptors (Lipinski definition) is 4. The summed E-state index contributed by atoms with van der Waals surface area (Å²) in [6.07, 6.45) is 8.35. The van der Waals surface area contributed by atoms with E-state index >= 15 is 0 Å². The summed E-state index contributed by atoms with van der Waals surface area (Å²) in [5, 5.41) is 0. The van der Waals surface area contributed by atoms with Gasteiger partial charge in [-0.2, -0.15) is 9.98 Å². The summed E-state index contributed by atoms with van der Waals surface area (Å²) in [6, 6.07) is 13.4. The summed E-state index contributed by atoms with van der Waals surface area (Å²) < 4.78 is 0. The van der Waals surface area contributed by atoms with Crippen molar-refractivity contribution in [2.24, 2.45) is 9.98 Å². The lowest BCUT2D eigenvalue weighted by Gasteiger charge is -1.99. The van der Waals surface area contributed by atoms with E-state index in [2.05, 4.69) is 46.4 Å². The van der Waals surface area contributed by atoms with Gasteiger partial charge in [0, 0.05) is 5.56 Å². The average Bonchev–Trinajstić information content (AvgIpc) is 3.01. The lowest BCUT2D eigenvalue weighted by atomic mass is 10.1. The number of aliphatic imine (C=N–C) groups is 2. The van der Waals surface area contributed by atoms with Crippen LogP contribution in [0.4, 0.5) is 11.4 Å². The molecule has 4 nitrogen and oxygen atoms in total. The molecule has 108 valence electrons. The van der Waals surface area contributed by atoms with E-state index in [1.165, 1.54) is 23.3 Å². The third-order valence-corrected chi connectivity index (χ3v) is 3.30. The number of allylic oxidation sites excluding steroid dienone is 1. The highest BCUT2D eigenvalue weighted by atomic mass is 16.1. The van der Waals surface area contributed by atoms with Gasteiger partial charge < -0.3 is 0 Å². The van der Waals surface area contributed by atoms with E-state index in [0.29, 0.717) is 16.9 Å². The fourth-order valence-electron chi connectivity index (χ4n) is 2.15. The van der Waals surface area contributed by atoms with Crippen molar-refractivity contribution in [3.05, 3.63) is 65.2 Å². The van der Waals surface area contributed by atoms with Gasteiger partial charge in [0.25, 0.3) is 0 Å². The van der Waals surface area contributed by atoms with E-state index in [0.717, 1.165) is 6.42 Å². The van der Waals surface area contributed by atoms with E-state index in [1.807, 2.05) is 0 Å². The lowest BCUT2D eigenvalue weighted by Crippen LogP contribution is -1.76. The second-order valence-corrected chi connectivity index (χ2v) is 4.63. The second kappa shape index (κ2) is 7.65. The van der Waals surface area contributed by atoms with Gasteiger partial charge in [-0.3, -0.25) is 0 Å². The zero-order chi connectivity index (χ0) is 15.8. The van der Waals surface area contributed by atoms with Crippen molar-refractivity contribution in [1.29, 1.82) is 0 Å². The van der Waals surface area contributed by atoms with Gasteiger partial charge in [-0.15, -0.1) is 0 Å². The molecule has 2 aromatic carbocycles. The lowest BCUT2D eigenvalue weighted by molar-refractivity contribution is 0.565. The van der Waals surface area contributed by atoms with Crippen LogP contribution in [0.1, 0.15) is 16.7 Å². The highest BCUT2D eigenvalue weighted by molar-refractivity contribution is 5.64. The monoisotopic (exact) mass is 290 g/mol. The first-order valence-corrected chi connectivity index (χ1v) is 6.76. The van der Waals surface area contributed by atoms with Crippen molar-refractivity contribution in [3.8, 4) is 0 Å². The fraction of sp³-hybridized carbons (Fsp3) is 0.111. The Morgan fingerprint density at radius 2 is 1.55 bits per heavy atom. The third kappa shape index (κ3) is 3.74. The van der Waals surface area contributed by atoms with Crippen molar-refractivity contribution in [3.63, 3.8) is 0 Å². The highest BCUT2D eigenvalue weighted by Crippen LogP contribution is 2.26. The van der Waals surface area contributed by atoms with E-state index < -0.39 is 0 Å². The molecule has 1 aliphatic carbocycles. The van der Waals surface area contributed by atoms with Gasteiger partial charge in [0.05, 0.1) is 11.4 Å². The average molecular weight is 290 g/mol. The van der Waals surface area contributed by atoms with Crippen LogP contribution in [0.3, 0.4) is 0 Å². The number of isocyanates is 2. The number of benzene rings is 2. The zero-order valence-electron chi connectivity index (χ0n) is 12.1. The molecule has 0 unspecified atom stereocenters. The Morgan fingerprint density at radius 1 is 0.909 bits per heavy atom. The number of carbonyl (C=O) groups excluding carboxylic acids is 2. The Hall–Kier alpha value is -3.06. The number of fused-ring (bicyclic) bond motifs is 1. The molecule has 0 atom stereocenters. The third-order valence-electron chi connectivity index (χ3n) is 3.30. The summed E-state index contributed by atoms with van der Waals surface area (Å²) in [6.45, 7) is 1.71. The molecule has 3 rings (SSSR count). The van der Waals surface area contributed by atoms with Gasteiger partial charge in [-0.05, 0) is 36.6 Å². The van der Waals surface area contributed by atoms with Crippen LogP contribution in [0.15, 0.2) is 58.5 Å². The minimum atomic E-state index is 0.464. The molecule has 0 fully saturated rings. The molecule has 2 aromatic rings. The molecule has 0 radical (unpaired) electrons.